The summed E-state index contributed by atoms with van der Waals surface area (Å²) < 4.78 is 2.60. The van der Waals surface area contributed by atoms with Crippen molar-refractivity contribution in [2.45, 2.75) is 19.4 Å². The number of benzene rings is 2. The highest BCUT2D eigenvalue weighted by atomic mass is 35.5. The number of aliphatic hydroxyl groups is 1. The molecule has 0 unspecified atom stereocenters. The van der Waals surface area contributed by atoms with Gasteiger partial charge in [-0.25, -0.2) is 4.79 Å². The molecule has 0 amide bonds. The van der Waals surface area contributed by atoms with Gasteiger partial charge in [-0.15, -0.1) is 0 Å². The van der Waals surface area contributed by atoms with Gasteiger partial charge in [0.1, 0.15) is 0 Å². The van der Waals surface area contributed by atoms with Crippen molar-refractivity contribution in [3.63, 3.8) is 0 Å². The Morgan fingerprint density at radius 3 is 2.22 bits per heavy atom. The van der Waals surface area contributed by atoms with Crippen LogP contribution in [0, 0.1) is 0 Å². The lowest BCUT2D eigenvalue weighted by atomic mass is 9.96. The predicted octanol–water partition coefficient (Wildman–Crippen LogP) is 4.04. The largest absolute Gasteiger partial charge is 0.396 e. The average molecular weight is 470 g/mol. The van der Waals surface area contributed by atoms with Crippen LogP contribution in [0.25, 0.3) is 22.2 Å². The third kappa shape index (κ3) is 4.21. The van der Waals surface area contributed by atoms with E-state index in [0.29, 0.717) is 45.0 Å². The molecule has 6 nitrogen and oxygen atoms in total. The van der Waals surface area contributed by atoms with Gasteiger partial charge in [-0.05, 0) is 41.8 Å². The predicted molar refractivity (Wildman–Crippen MR) is 128 cm³/mol. The zero-order valence-corrected chi connectivity index (χ0v) is 18.9. The van der Waals surface area contributed by atoms with Crippen LogP contribution in [-0.2, 0) is 20.0 Å². The van der Waals surface area contributed by atoms with Crippen molar-refractivity contribution in [3.05, 3.63) is 96.7 Å². The lowest BCUT2D eigenvalue weighted by molar-refractivity contribution is 0.277. The van der Waals surface area contributed by atoms with E-state index >= 15 is 0 Å². The highest BCUT2D eigenvalue weighted by molar-refractivity contribution is 6.30. The van der Waals surface area contributed by atoms with Gasteiger partial charge in [-0.3, -0.25) is 18.9 Å². The molecule has 0 saturated carbocycles. The minimum absolute atomic E-state index is 0.113. The van der Waals surface area contributed by atoms with Crippen LogP contribution in [0.5, 0.6) is 0 Å². The summed E-state index contributed by atoms with van der Waals surface area (Å²) in [6, 6.07) is 14.7. The Hall–Kier alpha value is -2.93. The van der Waals surface area contributed by atoms with E-state index in [1.165, 1.54) is 9.13 Å². The number of fused-ring (bicyclic) bond motifs is 1. The standard InChI is InChI=1S/C24H21Cl2N3O3/c1-28-20-14-27-22(16-5-9-18(26)10-6-16)19(13-15-3-7-17(25)8-4-15)21(20)23(31)29(24(28)32)11-2-12-30/h3-10,14,30H,2,11-13H2,1H3. The fourth-order valence-electron chi connectivity index (χ4n) is 3.80. The molecular weight excluding hydrogens is 449 g/mol. The van der Waals surface area contributed by atoms with Crippen LogP contribution in [0.4, 0.5) is 0 Å². The molecule has 2 aromatic carbocycles. The average Bonchev–Trinajstić information content (AvgIpc) is 2.79. The van der Waals surface area contributed by atoms with Crippen LogP contribution < -0.4 is 11.2 Å². The van der Waals surface area contributed by atoms with Gasteiger partial charge < -0.3 is 5.11 Å². The Labute approximate surface area is 194 Å². The second-order valence-corrected chi connectivity index (χ2v) is 8.40. The maximum absolute atomic E-state index is 13.5. The van der Waals surface area contributed by atoms with E-state index in [2.05, 4.69) is 4.98 Å². The SMILES string of the molecule is Cn1c(=O)n(CCCO)c(=O)c2c(Cc3ccc(Cl)cc3)c(-c3ccc(Cl)cc3)ncc21. The summed E-state index contributed by atoms with van der Waals surface area (Å²) in [4.78, 5) is 30.9. The summed E-state index contributed by atoms with van der Waals surface area (Å²) in [6.07, 6.45) is 2.29. The monoisotopic (exact) mass is 469 g/mol. The topological polar surface area (TPSA) is 77.1 Å². The van der Waals surface area contributed by atoms with Crippen molar-refractivity contribution in [3.8, 4) is 11.3 Å². The van der Waals surface area contributed by atoms with Gasteiger partial charge in [0, 0.05) is 42.2 Å². The van der Waals surface area contributed by atoms with Crippen molar-refractivity contribution in [2.75, 3.05) is 6.61 Å². The molecule has 2 heterocycles. The van der Waals surface area contributed by atoms with Crippen molar-refractivity contribution >= 4 is 34.1 Å². The van der Waals surface area contributed by atoms with E-state index in [4.69, 9.17) is 23.2 Å². The first kappa shape index (κ1) is 22.3. The molecule has 1 N–H and O–H groups in total. The molecule has 0 atom stereocenters. The Bertz CT molecular complexity index is 1390. The fraction of sp³-hybridized carbons (Fsp3) is 0.208. The molecule has 0 aliphatic heterocycles. The summed E-state index contributed by atoms with van der Waals surface area (Å²) in [7, 11) is 1.62. The zero-order valence-electron chi connectivity index (χ0n) is 17.4. The summed E-state index contributed by atoms with van der Waals surface area (Å²) in [5.74, 6) is 0. The van der Waals surface area contributed by atoms with Crippen molar-refractivity contribution in [1.82, 2.24) is 14.1 Å². The molecule has 164 valence electrons. The number of halogens is 2. The molecular formula is C24H21Cl2N3O3. The number of hydrogen-bond donors (Lipinski definition) is 1. The molecule has 0 saturated heterocycles. The lowest BCUT2D eigenvalue weighted by Gasteiger charge is -2.16. The molecule has 4 aromatic rings. The highest BCUT2D eigenvalue weighted by Gasteiger charge is 2.19. The lowest BCUT2D eigenvalue weighted by Crippen LogP contribution is -2.39. The van der Waals surface area contributed by atoms with Crippen molar-refractivity contribution in [1.29, 1.82) is 0 Å². The van der Waals surface area contributed by atoms with Crippen LogP contribution >= 0.6 is 23.2 Å². The smallest absolute Gasteiger partial charge is 0.331 e. The molecule has 0 aliphatic rings. The molecule has 4 rings (SSSR count). The molecule has 0 bridgehead atoms. The molecule has 0 aliphatic carbocycles. The summed E-state index contributed by atoms with van der Waals surface area (Å²) in [5, 5.41) is 10.9. The van der Waals surface area contributed by atoms with Gasteiger partial charge in [0.2, 0.25) is 0 Å². The van der Waals surface area contributed by atoms with Crippen LogP contribution in [-0.4, -0.2) is 25.8 Å². The highest BCUT2D eigenvalue weighted by Crippen LogP contribution is 2.29. The van der Waals surface area contributed by atoms with Crippen LogP contribution in [0.15, 0.2) is 64.3 Å². The Kier molecular flexibility index (Phi) is 6.46. The quantitative estimate of drug-likeness (QED) is 0.462. The minimum atomic E-state index is -0.436. The number of rotatable bonds is 6. The van der Waals surface area contributed by atoms with Crippen LogP contribution in [0.3, 0.4) is 0 Å². The molecule has 0 radical (unpaired) electrons. The Morgan fingerprint density at radius 1 is 0.969 bits per heavy atom. The van der Waals surface area contributed by atoms with E-state index in [-0.39, 0.29) is 13.2 Å². The molecule has 0 spiro atoms. The van der Waals surface area contributed by atoms with Gasteiger partial charge in [-0.1, -0.05) is 47.5 Å². The Balaban J connectivity index is 2.04. The van der Waals surface area contributed by atoms with E-state index in [0.717, 1.165) is 11.1 Å². The first-order valence-corrected chi connectivity index (χ1v) is 10.9. The van der Waals surface area contributed by atoms with E-state index in [1.807, 2.05) is 24.3 Å². The van der Waals surface area contributed by atoms with Gasteiger partial charge >= 0.3 is 5.69 Å². The molecule has 32 heavy (non-hydrogen) atoms. The normalized spacial score (nSPS) is 11.2. The van der Waals surface area contributed by atoms with Gasteiger partial charge in [-0.2, -0.15) is 0 Å². The third-order valence-electron chi connectivity index (χ3n) is 5.45. The van der Waals surface area contributed by atoms with Gasteiger partial charge in [0.25, 0.3) is 5.56 Å². The van der Waals surface area contributed by atoms with Crippen molar-refractivity contribution in [2.24, 2.45) is 7.05 Å². The van der Waals surface area contributed by atoms with Gasteiger partial charge in [0.05, 0.1) is 22.8 Å². The summed E-state index contributed by atoms with van der Waals surface area (Å²) >= 11 is 12.1. The van der Waals surface area contributed by atoms with Crippen LogP contribution in [0.1, 0.15) is 17.5 Å². The molecule has 8 heteroatoms. The number of aliphatic hydroxyl groups excluding tert-OH is 1. The minimum Gasteiger partial charge on any atom is -0.396 e. The second-order valence-electron chi connectivity index (χ2n) is 7.53. The second kappa shape index (κ2) is 9.28. The number of hydrogen-bond acceptors (Lipinski definition) is 4. The van der Waals surface area contributed by atoms with E-state index in [9.17, 15) is 14.7 Å². The zero-order chi connectivity index (χ0) is 22.8. The molecule has 2 aromatic heterocycles. The van der Waals surface area contributed by atoms with Crippen molar-refractivity contribution < 1.29 is 5.11 Å². The maximum atomic E-state index is 13.5. The number of aromatic nitrogens is 3. The van der Waals surface area contributed by atoms with Crippen LogP contribution in [0.2, 0.25) is 10.0 Å². The fourth-order valence-corrected chi connectivity index (χ4v) is 4.05. The van der Waals surface area contributed by atoms with E-state index in [1.54, 1.807) is 37.5 Å². The summed E-state index contributed by atoms with van der Waals surface area (Å²) in [5.41, 5.74) is 2.76. The first-order valence-electron chi connectivity index (χ1n) is 10.1. The first-order chi connectivity index (χ1) is 15.4. The van der Waals surface area contributed by atoms with Gasteiger partial charge in [0.15, 0.2) is 0 Å². The van der Waals surface area contributed by atoms with E-state index < -0.39 is 11.2 Å². The summed E-state index contributed by atoms with van der Waals surface area (Å²) in [6.45, 7) is 0.0224. The number of nitrogens with zero attached hydrogens (tertiary/aromatic N) is 3. The Morgan fingerprint density at radius 2 is 1.59 bits per heavy atom. The number of pyridine rings is 1. The number of aryl methyl sites for hydroxylation is 1. The maximum Gasteiger partial charge on any atom is 0.331 e. The molecule has 0 fully saturated rings. The third-order valence-corrected chi connectivity index (χ3v) is 5.95.